The monoisotopic (exact) mass is 486 g/mol. The molecule has 6 rings (SSSR count). The number of benzene rings is 3. The lowest BCUT2D eigenvalue weighted by Gasteiger charge is -2.04. The van der Waals surface area contributed by atoms with Gasteiger partial charge in [0.15, 0.2) is 0 Å². The SMILES string of the molecule is COc1ccc2[nH]c(=O)c(-c3nnn(Cc4cccc(C=Cc5ccc6ccccc6n5)c4)n3)cc2c1. The summed E-state index contributed by atoms with van der Waals surface area (Å²) in [6.45, 7) is 0.419. The van der Waals surface area contributed by atoms with Gasteiger partial charge in [-0.25, -0.2) is 4.98 Å². The van der Waals surface area contributed by atoms with E-state index in [-0.39, 0.29) is 11.4 Å². The molecule has 0 bridgehead atoms. The number of nitrogens with zero attached hydrogens (tertiary/aromatic N) is 5. The van der Waals surface area contributed by atoms with Gasteiger partial charge in [0.25, 0.3) is 5.56 Å². The van der Waals surface area contributed by atoms with Crippen molar-refractivity contribution < 1.29 is 4.74 Å². The number of para-hydroxylation sites is 1. The lowest BCUT2D eigenvalue weighted by Crippen LogP contribution is -2.10. The molecule has 0 aliphatic carbocycles. The first-order valence-electron chi connectivity index (χ1n) is 11.8. The molecular formula is C29H22N6O2. The Morgan fingerprint density at radius 1 is 0.919 bits per heavy atom. The van der Waals surface area contributed by atoms with Gasteiger partial charge in [0.2, 0.25) is 5.82 Å². The molecule has 0 atom stereocenters. The van der Waals surface area contributed by atoms with Crippen molar-refractivity contribution in [3.8, 4) is 17.1 Å². The van der Waals surface area contributed by atoms with Gasteiger partial charge in [0.1, 0.15) is 5.75 Å². The van der Waals surface area contributed by atoms with Crippen LogP contribution < -0.4 is 10.3 Å². The van der Waals surface area contributed by atoms with Crippen LogP contribution >= 0.6 is 0 Å². The summed E-state index contributed by atoms with van der Waals surface area (Å²) in [6.07, 6.45) is 4.03. The Morgan fingerprint density at radius 2 is 1.84 bits per heavy atom. The van der Waals surface area contributed by atoms with E-state index in [1.54, 1.807) is 25.3 Å². The number of hydrogen-bond donors (Lipinski definition) is 1. The standard InChI is InChI=1S/C29H22N6O2/c1-37-24-13-14-27-22(16-24)17-25(29(36)31-27)28-32-34-35(33-28)18-20-6-4-5-19(15-20)9-11-23-12-10-21-7-2-3-8-26(21)30-23/h2-17H,18H2,1H3,(H,31,36). The third kappa shape index (κ3) is 4.72. The van der Waals surface area contributed by atoms with Crippen molar-refractivity contribution in [2.24, 2.45) is 0 Å². The fourth-order valence-corrected chi connectivity index (χ4v) is 4.21. The maximum absolute atomic E-state index is 12.6. The van der Waals surface area contributed by atoms with E-state index in [1.165, 1.54) is 4.80 Å². The van der Waals surface area contributed by atoms with Crippen molar-refractivity contribution in [1.82, 2.24) is 30.2 Å². The Hall–Kier alpha value is -5.11. The summed E-state index contributed by atoms with van der Waals surface area (Å²) in [7, 11) is 1.60. The Kier molecular flexibility index (Phi) is 5.74. The van der Waals surface area contributed by atoms with Crippen molar-refractivity contribution in [3.05, 3.63) is 112 Å². The summed E-state index contributed by atoms with van der Waals surface area (Å²) < 4.78 is 5.29. The van der Waals surface area contributed by atoms with Crippen LogP contribution in [0.3, 0.4) is 0 Å². The highest BCUT2D eigenvalue weighted by atomic mass is 16.5. The molecule has 180 valence electrons. The topological polar surface area (TPSA) is 98.6 Å². The van der Waals surface area contributed by atoms with Crippen molar-refractivity contribution in [3.63, 3.8) is 0 Å². The second-order valence-corrected chi connectivity index (χ2v) is 8.62. The number of ether oxygens (including phenoxy) is 1. The predicted octanol–water partition coefficient (Wildman–Crippen LogP) is 4.96. The first-order chi connectivity index (χ1) is 18.1. The fourth-order valence-electron chi connectivity index (χ4n) is 4.21. The fraction of sp³-hybridized carbons (Fsp3) is 0.0690. The average Bonchev–Trinajstić information content (AvgIpc) is 3.39. The summed E-state index contributed by atoms with van der Waals surface area (Å²) in [5.74, 6) is 0.969. The number of hydrogen-bond acceptors (Lipinski definition) is 6. The van der Waals surface area contributed by atoms with Crippen LogP contribution in [0, 0.1) is 0 Å². The van der Waals surface area contributed by atoms with Crippen LogP contribution in [0.4, 0.5) is 0 Å². The van der Waals surface area contributed by atoms with E-state index in [1.807, 2.05) is 60.7 Å². The van der Waals surface area contributed by atoms with Crippen LogP contribution in [0.5, 0.6) is 5.75 Å². The summed E-state index contributed by atoms with van der Waals surface area (Å²) in [4.78, 5) is 21.7. The van der Waals surface area contributed by atoms with Crippen LogP contribution in [0.2, 0.25) is 0 Å². The van der Waals surface area contributed by atoms with Gasteiger partial charge >= 0.3 is 0 Å². The van der Waals surface area contributed by atoms with E-state index >= 15 is 0 Å². The third-order valence-corrected chi connectivity index (χ3v) is 6.09. The van der Waals surface area contributed by atoms with Crippen LogP contribution in [0.1, 0.15) is 16.8 Å². The molecule has 3 aromatic carbocycles. The lowest BCUT2D eigenvalue weighted by atomic mass is 10.1. The molecule has 0 aliphatic heterocycles. The van der Waals surface area contributed by atoms with Crippen molar-refractivity contribution in [1.29, 1.82) is 0 Å². The van der Waals surface area contributed by atoms with E-state index in [2.05, 4.69) is 38.6 Å². The second kappa shape index (κ2) is 9.50. The summed E-state index contributed by atoms with van der Waals surface area (Å²) >= 11 is 0. The highest BCUT2D eigenvalue weighted by Gasteiger charge is 2.12. The first-order valence-corrected chi connectivity index (χ1v) is 11.8. The van der Waals surface area contributed by atoms with Crippen molar-refractivity contribution in [2.45, 2.75) is 6.54 Å². The van der Waals surface area contributed by atoms with Gasteiger partial charge in [0, 0.05) is 16.3 Å². The normalized spacial score (nSPS) is 11.5. The molecule has 0 spiro atoms. The zero-order valence-electron chi connectivity index (χ0n) is 20.0. The molecule has 1 N–H and O–H groups in total. The van der Waals surface area contributed by atoms with Gasteiger partial charge in [0.05, 0.1) is 30.4 Å². The largest absolute Gasteiger partial charge is 0.497 e. The molecule has 8 nitrogen and oxygen atoms in total. The molecule has 0 unspecified atom stereocenters. The highest BCUT2D eigenvalue weighted by molar-refractivity contribution is 5.83. The molecule has 3 aromatic heterocycles. The number of methoxy groups -OCH3 is 1. The summed E-state index contributed by atoms with van der Waals surface area (Å²) in [5, 5.41) is 14.7. The molecule has 37 heavy (non-hydrogen) atoms. The van der Waals surface area contributed by atoms with E-state index in [4.69, 9.17) is 9.72 Å². The third-order valence-electron chi connectivity index (χ3n) is 6.09. The highest BCUT2D eigenvalue weighted by Crippen LogP contribution is 2.21. The maximum atomic E-state index is 12.6. The zero-order valence-corrected chi connectivity index (χ0v) is 20.0. The van der Waals surface area contributed by atoms with E-state index in [0.29, 0.717) is 23.4 Å². The molecule has 0 amide bonds. The van der Waals surface area contributed by atoms with E-state index in [9.17, 15) is 4.79 Å². The Labute approximate surface area is 211 Å². The van der Waals surface area contributed by atoms with Crippen molar-refractivity contribution in [2.75, 3.05) is 7.11 Å². The van der Waals surface area contributed by atoms with Gasteiger partial charge in [-0.2, -0.15) is 4.80 Å². The number of fused-ring (bicyclic) bond motifs is 2. The first kappa shape index (κ1) is 22.4. The summed E-state index contributed by atoms with van der Waals surface area (Å²) in [5.41, 5.74) is 4.70. The molecule has 0 fully saturated rings. The van der Waals surface area contributed by atoms with Crippen LogP contribution in [0.25, 0.3) is 45.3 Å². The van der Waals surface area contributed by atoms with Crippen LogP contribution in [-0.2, 0) is 6.54 Å². The number of aromatic amines is 1. The number of H-pyrrole nitrogens is 1. The summed E-state index contributed by atoms with van der Waals surface area (Å²) in [6, 6.07) is 27.4. The zero-order chi connectivity index (χ0) is 25.2. The number of pyridine rings is 2. The lowest BCUT2D eigenvalue weighted by molar-refractivity contribution is 0.415. The van der Waals surface area contributed by atoms with Gasteiger partial charge < -0.3 is 9.72 Å². The molecule has 6 aromatic rings. The smallest absolute Gasteiger partial charge is 0.259 e. The minimum Gasteiger partial charge on any atom is -0.497 e. The maximum Gasteiger partial charge on any atom is 0.259 e. The Bertz CT molecular complexity index is 1840. The Balaban J connectivity index is 1.22. The number of aromatic nitrogens is 6. The minimum absolute atomic E-state index is 0.268. The quantitative estimate of drug-likeness (QED) is 0.357. The Morgan fingerprint density at radius 3 is 2.76 bits per heavy atom. The molecule has 0 aliphatic rings. The number of rotatable bonds is 6. The molecule has 8 heteroatoms. The van der Waals surface area contributed by atoms with Gasteiger partial charge in [-0.1, -0.05) is 48.5 Å². The number of tetrazole rings is 1. The van der Waals surface area contributed by atoms with Gasteiger partial charge in [-0.05, 0) is 64.9 Å². The van der Waals surface area contributed by atoms with Gasteiger partial charge in [-0.3, -0.25) is 4.79 Å². The second-order valence-electron chi connectivity index (χ2n) is 8.62. The van der Waals surface area contributed by atoms with E-state index < -0.39 is 0 Å². The molecule has 0 radical (unpaired) electrons. The molecule has 0 saturated heterocycles. The molecular weight excluding hydrogens is 464 g/mol. The predicted molar refractivity (Wildman–Crippen MR) is 144 cm³/mol. The molecule has 3 heterocycles. The molecule has 0 saturated carbocycles. The van der Waals surface area contributed by atoms with Crippen molar-refractivity contribution >= 4 is 34.0 Å². The average molecular weight is 487 g/mol. The van der Waals surface area contributed by atoms with Gasteiger partial charge in [-0.15, -0.1) is 10.2 Å². The van der Waals surface area contributed by atoms with Crippen LogP contribution in [0.15, 0.2) is 89.7 Å². The minimum atomic E-state index is -0.272. The van der Waals surface area contributed by atoms with E-state index in [0.717, 1.165) is 33.1 Å². The number of nitrogens with one attached hydrogen (secondary N) is 1. The van der Waals surface area contributed by atoms with Crippen LogP contribution in [-0.4, -0.2) is 37.3 Å².